The SMILES string of the molecule is Cc1cc(-c2ccc(C(=O)N(C)Cc3ccccc3CN(C)C)cc2)ccn1.O=CO. The van der Waals surface area contributed by atoms with Gasteiger partial charge in [-0.25, -0.2) is 0 Å². The molecule has 1 N–H and O–H groups in total. The maximum atomic E-state index is 12.9. The number of aromatic nitrogens is 1. The number of carbonyl (C=O) groups is 2. The van der Waals surface area contributed by atoms with Crippen molar-refractivity contribution in [3.63, 3.8) is 0 Å². The third-order valence-corrected chi connectivity index (χ3v) is 4.72. The van der Waals surface area contributed by atoms with E-state index in [2.05, 4.69) is 36.1 Å². The van der Waals surface area contributed by atoms with Crippen LogP contribution in [0.15, 0.2) is 66.9 Å². The summed E-state index contributed by atoms with van der Waals surface area (Å²) in [5, 5.41) is 6.89. The highest BCUT2D eigenvalue weighted by Gasteiger charge is 2.14. The maximum Gasteiger partial charge on any atom is 0.290 e. The Morgan fingerprint density at radius 1 is 0.935 bits per heavy atom. The standard InChI is InChI=1S/C24H27N3O.CH2O2/c1-18-15-21(13-14-25-18)19-9-11-20(12-10-19)24(28)27(4)17-23-8-6-5-7-22(23)16-26(2)3;2-1-3/h5-15H,16-17H2,1-4H3;1H,(H,2,3). The molecule has 1 aromatic heterocycles. The molecule has 6 heteroatoms. The second kappa shape index (κ2) is 11.6. The van der Waals surface area contributed by atoms with Crippen molar-refractivity contribution in [2.45, 2.75) is 20.0 Å². The summed E-state index contributed by atoms with van der Waals surface area (Å²) in [6, 6.07) is 20.1. The van der Waals surface area contributed by atoms with Crippen molar-refractivity contribution < 1.29 is 14.7 Å². The van der Waals surface area contributed by atoms with Crippen molar-refractivity contribution in [2.24, 2.45) is 0 Å². The molecule has 1 amide bonds. The van der Waals surface area contributed by atoms with Crippen molar-refractivity contribution in [3.05, 3.63) is 89.2 Å². The number of aryl methyl sites for hydroxylation is 1. The highest BCUT2D eigenvalue weighted by atomic mass is 16.3. The van der Waals surface area contributed by atoms with E-state index in [-0.39, 0.29) is 12.4 Å². The van der Waals surface area contributed by atoms with E-state index in [1.165, 1.54) is 11.1 Å². The summed E-state index contributed by atoms with van der Waals surface area (Å²) in [5.41, 5.74) is 6.29. The molecule has 0 aliphatic carbocycles. The van der Waals surface area contributed by atoms with Crippen molar-refractivity contribution in [3.8, 4) is 11.1 Å². The number of carbonyl (C=O) groups excluding carboxylic acids is 1. The molecule has 162 valence electrons. The topological polar surface area (TPSA) is 73.7 Å². The number of pyridine rings is 1. The normalized spacial score (nSPS) is 10.2. The molecule has 2 aromatic carbocycles. The van der Waals surface area contributed by atoms with Crippen LogP contribution < -0.4 is 0 Å². The van der Waals surface area contributed by atoms with Crippen LogP contribution in [0.5, 0.6) is 0 Å². The summed E-state index contributed by atoms with van der Waals surface area (Å²) in [6.07, 6.45) is 1.81. The highest BCUT2D eigenvalue weighted by molar-refractivity contribution is 5.94. The third-order valence-electron chi connectivity index (χ3n) is 4.72. The fraction of sp³-hybridized carbons (Fsp3) is 0.240. The molecule has 0 atom stereocenters. The Labute approximate surface area is 183 Å². The van der Waals surface area contributed by atoms with E-state index < -0.39 is 0 Å². The van der Waals surface area contributed by atoms with Gasteiger partial charge in [0, 0.05) is 37.6 Å². The lowest BCUT2D eigenvalue weighted by atomic mass is 10.0. The Morgan fingerprint density at radius 3 is 2.06 bits per heavy atom. The molecule has 0 fully saturated rings. The second-order valence-electron chi connectivity index (χ2n) is 7.54. The Morgan fingerprint density at radius 2 is 1.52 bits per heavy atom. The zero-order chi connectivity index (χ0) is 22.8. The van der Waals surface area contributed by atoms with Gasteiger partial charge in [-0.1, -0.05) is 36.4 Å². The fourth-order valence-electron chi connectivity index (χ4n) is 3.28. The summed E-state index contributed by atoms with van der Waals surface area (Å²) < 4.78 is 0. The van der Waals surface area contributed by atoms with E-state index in [1.807, 2.05) is 68.7 Å². The Balaban J connectivity index is 0.00000107. The van der Waals surface area contributed by atoms with Crippen LogP contribution in [0.25, 0.3) is 11.1 Å². The van der Waals surface area contributed by atoms with Crippen LogP contribution >= 0.6 is 0 Å². The molecule has 3 aromatic rings. The zero-order valence-electron chi connectivity index (χ0n) is 18.4. The van der Waals surface area contributed by atoms with Gasteiger partial charge in [-0.15, -0.1) is 0 Å². The smallest absolute Gasteiger partial charge is 0.290 e. The largest absolute Gasteiger partial charge is 0.483 e. The van der Waals surface area contributed by atoms with Gasteiger partial charge in [-0.05, 0) is 67.5 Å². The maximum absolute atomic E-state index is 12.9. The number of hydrogen-bond acceptors (Lipinski definition) is 4. The quantitative estimate of drug-likeness (QED) is 0.609. The van der Waals surface area contributed by atoms with E-state index >= 15 is 0 Å². The first kappa shape index (κ1) is 23.8. The Hall–Kier alpha value is -3.51. The first-order valence-electron chi connectivity index (χ1n) is 9.93. The van der Waals surface area contributed by atoms with Crippen molar-refractivity contribution in [1.29, 1.82) is 0 Å². The van der Waals surface area contributed by atoms with Gasteiger partial charge in [-0.2, -0.15) is 0 Å². The van der Waals surface area contributed by atoms with Crippen molar-refractivity contribution >= 4 is 12.4 Å². The minimum absolute atomic E-state index is 0.0251. The number of nitrogens with zero attached hydrogens (tertiary/aromatic N) is 3. The predicted molar refractivity (Wildman–Crippen MR) is 123 cm³/mol. The van der Waals surface area contributed by atoms with Gasteiger partial charge in [0.05, 0.1) is 0 Å². The average Bonchev–Trinajstić information content (AvgIpc) is 2.75. The molecule has 0 spiro atoms. The Kier molecular flexibility index (Phi) is 8.91. The monoisotopic (exact) mass is 419 g/mol. The minimum Gasteiger partial charge on any atom is -0.483 e. The lowest BCUT2D eigenvalue weighted by Crippen LogP contribution is -2.27. The molecule has 0 unspecified atom stereocenters. The minimum atomic E-state index is -0.250. The molecule has 31 heavy (non-hydrogen) atoms. The molecule has 0 aliphatic rings. The lowest BCUT2D eigenvalue weighted by Gasteiger charge is -2.21. The van der Waals surface area contributed by atoms with E-state index in [4.69, 9.17) is 9.90 Å². The molecule has 0 radical (unpaired) electrons. The average molecular weight is 420 g/mol. The number of benzene rings is 2. The summed E-state index contributed by atoms with van der Waals surface area (Å²) in [6.45, 7) is 3.18. The zero-order valence-corrected chi connectivity index (χ0v) is 18.4. The highest BCUT2D eigenvalue weighted by Crippen LogP contribution is 2.21. The lowest BCUT2D eigenvalue weighted by molar-refractivity contribution is -0.122. The Bertz CT molecular complexity index is 1000. The van der Waals surface area contributed by atoms with Gasteiger partial charge >= 0.3 is 0 Å². The molecule has 0 saturated heterocycles. The van der Waals surface area contributed by atoms with Gasteiger partial charge in [0.25, 0.3) is 12.4 Å². The summed E-state index contributed by atoms with van der Waals surface area (Å²) >= 11 is 0. The van der Waals surface area contributed by atoms with Gasteiger partial charge in [0.1, 0.15) is 0 Å². The molecule has 0 aliphatic heterocycles. The van der Waals surface area contributed by atoms with Crippen LogP contribution in [-0.2, 0) is 17.9 Å². The van der Waals surface area contributed by atoms with Crippen LogP contribution in [0, 0.1) is 6.92 Å². The predicted octanol–water partition coefficient (Wildman–Crippen LogP) is 4.09. The van der Waals surface area contributed by atoms with Crippen LogP contribution in [0.1, 0.15) is 27.2 Å². The molecule has 1 heterocycles. The molecular formula is C25H29N3O3. The van der Waals surface area contributed by atoms with E-state index in [1.54, 1.807) is 4.90 Å². The first-order chi connectivity index (χ1) is 14.8. The summed E-state index contributed by atoms with van der Waals surface area (Å²) in [4.78, 5) is 29.4. The molecular weight excluding hydrogens is 390 g/mol. The molecule has 3 rings (SSSR count). The first-order valence-corrected chi connectivity index (χ1v) is 9.93. The second-order valence-corrected chi connectivity index (χ2v) is 7.54. The van der Waals surface area contributed by atoms with E-state index in [0.29, 0.717) is 12.1 Å². The van der Waals surface area contributed by atoms with Crippen LogP contribution in [-0.4, -0.2) is 53.4 Å². The van der Waals surface area contributed by atoms with E-state index in [9.17, 15) is 4.79 Å². The fourth-order valence-corrected chi connectivity index (χ4v) is 3.28. The summed E-state index contributed by atoms with van der Waals surface area (Å²) in [5.74, 6) is 0.0251. The van der Waals surface area contributed by atoms with Crippen LogP contribution in [0.3, 0.4) is 0 Å². The van der Waals surface area contributed by atoms with E-state index in [0.717, 1.165) is 23.4 Å². The molecule has 0 saturated carbocycles. The summed E-state index contributed by atoms with van der Waals surface area (Å²) in [7, 11) is 5.96. The van der Waals surface area contributed by atoms with Gasteiger partial charge < -0.3 is 14.9 Å². The molecule has 0 bridgehead atoms. The third kappa shape index (κ3) is 7.04. The van der Waals surface area contributed by atoms with Gasteiger partial charge in [-0.3, -0.25) is 14.6 Å². The number of hydrogen-bond donors (Lipinski definition) is 1. The molecule has 6 nitrogen and oxygen atoms in total. The van der Waals surface area contributed by atoms with Crippen LogP contribution in [0.4, 0.5) is 0 Å². The number of amides is 1. The van der Waals surface area contributed by atoms with Crippen LogP contribution in [0.2, 0.25) is 0 Å². The van der Waals surface area contributed by atoms with Gasteiger partial charge in [0.2, 0.25) is 0 Å². The number of rotatable bonds is 6. The van der Waals surface area contributed by atoms with Crippen molar-refractivity contribution in [1.82, 2.24) is 14.8 Å². The number of carboxylic acid groups (broad SMARTS) is 1. The van der Waals surface area contributed by atoms with Crippen molar-refractivity contribution in [2.75, 3.05) is 21.1 Å². The van der Waals surface area contributed by atoms with Gasteiger partial charge in [0.15, 0.2) is 0 Å².